The highest BCUT2D eigenvalue weighted by Gasteiger charge is 2.58. The number of fused-ring (bicyclic) bond motifs is 2. The molecular weight excluding hydrogens is 184 g/mol. The van der Waals surface area contributed by atoms with Crippen LogP contribution in [0.15, 0.2) is 0 Å². The van der Waals surface area contributed by atoms with Crippen molar-refractivity contribution in [3.05, 3.63) is 0 Å². The van der Waals surface area contributed by atoms with Crippen LogP contribution in [0.1, 0.15) is 53.9 Å². The number of rotatable bonds is 3. The number of ether oxygens (including phenoxy) is 1. The van der Waals surface area contributed by atoms with Gasteiger partial charge in [0.05, 0.1) is 11.7 Å². The lowest BCUT2D eigenvalue weighted by atomic mass is 9.76. The quantitative estimate of drug-likeness (QED) is 0.687. The van der Waals surface area contributed by atoms with Crippen LogP contribution in [0.2, 0.25) is 0 Å². The molecule has 4 atom stereocenters. The molecule has 1 aliphatic heterocycles. The molecule has 1 heterocycles. The van der Waals surface area contributed by atoms with Crippen LogP contribution < -0.4 is 0 Å². The lowest BCUT2D eigenvalue weighted by Crippen LogP contribution is -2.37. The van der Waals surface area contributed by atoms with Gasteiger partial charge < -0.3 is 4.74 Å². The molecule has 0 spiro atoms. The fourth-order valence-corrected chi connectivity index (χ4v) is 4.35. The predicted molar refractivity (Wildman–Crippen MR) is 63.8 cm³/mol. The summed E-state index contributed by atoms with van der Waals surface area (Å²) in [6.07, 6.45) is 4.47. The molecule has 15 heavy (non-hydrogen) atoms. The first kappa shape index (κ1) is 11.4. The zero-order valence-electron chi connectivity index (χ0n) is 10.9. The van der Waals surface area contributed by atoms with E-state index in [1.807, 2.05) is 0 Å². The van der Waals surface area contributed by atoms with Gasteiger partial charge in [0.25, 0.3) is 0 Å². The Morgan fingerprint density at radius 3 is 2.40 bits per heavy atom. The van der Waals surface area contributed by atoms with Crippen LogP contribution in [0, 0.1) is 23.7 Å². The Hall–Kier alpha value is -0.0400. The van der Waals surface area contributed by atoms with Crippen molar-refractivity contribution < 1.29 is 4.74 Å². The molecule has 2 rings (SSSR count). The summed E-state index contributed by atoms with van der Waals surface area (Å²) in [6, 6.07) is 0. The average Bonchev–Trinajstić information content (AvgIpc) is 2.53. The highest BCUT2D eigenvalue weighted by molar-refractivity contribution is 5.07. The Morgan fingerprint density at radius 2 is 1.93 bits per heavy atom. The van der Waals surface area contributed by atoms with E-state index in [0.29, 0.717) is 6.10 Å². The molecule has 1 saturated carbocycles. The third-order valence-electron chi connectivity index (χ3n) is 4.47. The van der Waals surface area contributed by atoms with Crippen molar-refractivity contribution in [3.63, 3.8) is 0 Å². The Labute approximate surface area is 94.6 Å². The van der Waals surface area contributed by atoms with Gasteiger partial charge >= 0.3 is 0 Å². The van der Waals surface area contributed by atoms with E-state index in [1.165, 1.54) is 19.3 Å². The minimum atomic E-state index is 0.242. The molecule has 2 fully saturated rings. The molecule has 0 N–H and O–H groups in total. The molecule has 0 aromatic carbocycles. The molecule has 2 aliphatic rings. The lowest BCUT2D eigenvalue weighted by molar-refractivity contribution is -0.0864. The molecule has 0 radical (unpaired) electrons. The van der Waals surface area contributed by atoms with Crippen LogP contribution in [-0.2, 0) is 4.74 Å². The van der Waals surface area contributed by atoms with Gasteiger partial charge in [0.15, 0.2) is 0 Å². The summed E-state index contributed by atoms with van der Waals surface area (Å²) >= 11 is 0. The van der Waals surface area contributed by atoms with Gasteiger partial charge in [-0.1, -0.05) is 27.7 Å². The van der Waals surface area contributed by atoms with Gasteiger partial charge in [-0.3, -0.25) is 0 Å². The summed E-state index contributed by atoms with van der Waals surface area (Å²) in [5, 5.41) is 0. The second-order valence-electron chi connectivity index (χ2n) is 6.46. The fourth-order valence-electron chi connectivity index (χ4n) is 4.35. The minimum absolute atomic E-state index is 0.242. The molecule has 4 unspecified atom stereocenters. The maximum absolute atomic E-state index is 6.33. The van der Waals surface area contributed by atoms with Crippen LogP contribution in [0.3, 0.4) is 0 Å². The molecule has 1 saturated heterocycles. The highest BCUT2D eigenvalue weighted by atomic mass is 16.5. The topological polar surface area (TPSA) is 9.23 Å². The van der Waals surface area contributed by atoms with Crippen LogP contribution >= 0.6 is 0 Å². The van der Waals surface area contributed by atoms with Gasteiger partial charge in [-0.05, 0) is 49.9 Å². The van der Waals surface area contributed by atoms with E-state index in [9.17, 15) is 0 Å². The van der Waals surface area contributed by atoms with E-state index >= 15 is 0 Å². The minimum Gasteiger partial charge on any atom is -0.371 e. The van der Waals surface area contributed by atoms with Crippen LogP contribution in [0.4, 0.5) is 0 Å². The number of hydrogen-bond acceptors (Lipinski definition) is 1. The van der Waals surface area contributed by atoms with Crippen LogP contribution in [0.5, 0.6) is 0 Å². The normalized spacial score (nSPS) is 44.6. The summed E-state index contributed by atoms with van der Waals surface area (Å²) < 4.78 is 6.33. The first-order valence-electron chi connectivity index (χ1n) is 6.64. The van der Waals surface area contributed by atoms with Crippen molar-refractivity contribution in [2.45, 2.75) is 65.6 Å². The average molecular weight is 210 g/mol. The molecule has 1 aliphatic carbocycles. The van der Waals surface area contributed by atoms with Crippen molar-refractivity contribution >= 4 is 0 Å². The standard InChI is InChI=1S/C14H26O/c1-9(2)8-14-7-6-12(11(5)15-14)13(14)10(3)4/h9-13H,6-8H2,1-5H3. The second-order valence-corrected chi connectivity index (χ2v) is 6.46. The van der Waals surface area contributed by atoms with Gasteiger partial charge in [0.2, 0.25) is 0 Å². The van der Waals surface area contributed by atoms with E-state index in [1.54, 1.807) is 0 Å². The first-order valence-corrected chi connectivity index (χ1v) is 6.64. The van der Waals surface area contributed by atoms with E-state index in [0.717, 1.165) is 23.7 Å². The van der Waals surface area contributed by atoms with Crippen molar-refractivity contribution in [1.82, 2.24) is 0 Å². The van der Waals surface area contributed by atoms with Crippen molar-refractivity contribution in [1.29, 1.82) is 0 Å². The van der Waals surface area contributed by atoms with Crippen molar-refractivity contribution in [3.8, 4) is 0 Å². The predicted octanol–water partition coefficient (Wildman–Crippen LogP) is 3.87. The van der Waals surface area contributed by atoms with Crippen LogP contribution in [-0.4, -0.2) is 11.7 Å². The van der Waals surface area contributed by atoms with Crippen LogP contribution in [0.25, 0.3) is 0 Å². The summed E-state index contributed by atoms with van der Waals surface area (Å²) in [4.78, 5) is 0. The molecule has 88 valence electrons. The molecular formula is C14H26O. The van der Waals surface area contributed by atoms with Gasteiger partial charge in [-0.15, -0.1) is 0 Å². The molecule has 0 aromatic heterocycles. The smallest absolute Gasteiger partial charge is 0.0722 e. The zero-order chi connectivity index (χ0) is 11.2. The van der Waals surface area contributed by atoms with Crippen molar-refractivity contribution in [2.24, 2.45) is 23.7 Å². The summed E-state index contributed by atoms with van der Waals surface area (Å²) in [5.41, 5.74) is 0.242. The third kappa shape index (κ3) is 1.73. The first-order chi connectivity index (χ1) is 6.96. The molecule has 2 bridgehead atoms. The van der Waals surface area contributed by atoms with E-state index in [2.05, 4.69) is 34.6 Å². The summed E-state index contributed by atoms with van der Waals surface area (Å²) in [6.45, 7) is 11.7. The fraction of sp³-hybridized carbons (Fsp3) is 1.00. The Bertz CT molecular complexity index is 233. The zero-order valence-corrected chi connectivity index (χ0v) is 10.9. The SMILES string of the molecule is CC(C)CC12CCC(C(C)O1)C2C(C)C. The van der Waals surface area contributed by atoms with E-state index in [-0.39, 0.29) is 5.60 Å². The summed E-state index contributed by atoms with van der Waals surface area (Å²) in [7, 11) is 0. The maximum Gasteiger partial charge on any atom is 0.0722 e. The van der Waals surface area contributed by atoms with Crippen molar-refractivity contribution in [2.75, 3.05) is 0 Å². The second kappa shape index (κ2) is 3.76. The van der Waals surface area contributed by atoms with E-state index in [4.69, 9.17) is 4.74 Å². The molecule has 0 amide bonds. The maximum atomic E-state index is 6.33. The molecule has 0 aromatic rings. The lowest BCUT2D eigenvalue weighted by Gasteiger charge is -2.35. The van der Waals surface area contributed by atoms with E-state index < -0.39 is 0 Å². The third-order valence-corrected chi connectivity index (χ3v) is 4.47. The number of hydrogen-bond donors (Lipinski definition) is 0. The Kier molecular flexibility index (Phi) is 2.87. The monoisotopic (exact) mass is 210 g/mol. The Morgan fingerprint density at radius 1 is 1.27 bits per heavy atom. The van der Waals surface area contributed by atoms with Gasteiger partial charge in [0.1, 0.15) is 0 Å². The van der Waals surface area contributed by atoms with Gasteiger partial charge in [-0.2, -0.15) is 0 Å². The molecule has 1 heteroatoms. The Balaban J connectivity index is 2.21. The molecule has 1 nitrogen and oxygen atoms in total. The summed E-state index contributed by atoms with van der Waals surface area (Å²) in [5.74, 6) is 3.19. The van der Waals surface area contributed by atoms with Gasteiger partial charge in [0, 0.05) is 0 Å². The highest BCUT2D eigenvalue weighted by Crippen LogP contribution is 2.57. The largest absolute Gasteiger partial charge is 0.371 e. The van der Waals surface area contributed by atoms with Gasteiger partial charge in [-0.25, -0.2) is 0 Å².